The summed E-state index contributed by atoms with van der Waals surface area (Å²) in [5.41, 5.74) is -3.49. The predicted octanol–water partition coefficient (Wildman–Crippen LogP) is 3.08. The number of aliphatic hydroxyl groups is 1. The molecule has 0 aliphatic carbocycles. The van der Waals surface area contributed by atoms with Crippen LogP contribution in [-0.4, -0.2) is 42.8 Å². The summed E-state index contributed by atoms with van der Waals surface area (Å²) in [6.07, 6.45) is -3.96. The molecule has 1 atom stereocenters. The number of halogens is 3. The SMILES string of the molecule is COC(=O)c1ccc(C#CC(O)(C(=O)Nc2ccc(C#N)c(C(F)(F)F)c2)C2CCNCC2)cc1. The number of nitrogens with one attached hydrogen (secondary N) is 2. The fourth-order valence-electron chi connectivity index (χ4n) is 3.74. The summed E-state index contributed by atoms with van der Waals surface area (Å²) in [7, 11) is 1.25. The third kappa shape index (κ3) is 5.99. The van der Waals surface area contributed by atoms with E-state index in [2.05, 4.69) is 27.2 Å². The Hall–Kier alpha value is -3.86. The van der Waals surface area contributed by atoms with Gasteiger partial charge in [0, 0.05) is 17.2 Å². The van der Waals surface area contributed by atoms with Crippen LogP contribution in [0.1, 0.15) is 39.9 Å². The van der Waals surface area contributed by atoms with Gasteiger partial charge in [-0.3, -0.25) is 4.79 Å². The first-order chi connectivity index (χ1) is 16.6. The Morgan fingerprint density at radius 2 is 1.80 bits per heavy atom. The molecule has 1 unspecified atom stereocenters. The number of carbonyl (C=O) groups excluding carboxylic acids is 2. The third-order valence-corrected chi connectivity index (χ3v) is 5.68. The first kappa shape index (κ1) is 25.8. The van der Waals surface area contributed by atoms with E-state index >= 15 is 0 Å². The van der Waals surface area contributed by atoms with Crippen molar-refractivity contribution in [1.82, 2.24) is 5.32 Å². The average molecular weight is 485 g/mol. The molecule has 0 bridgehead atoms. The van der Waals surface area contributed by atoms with Gasteiger partial charge in [0.15, 0.2) is 0 Å². The second kappa shape index (κ2) is 10.6. The Morgan fingerprint density at radius 1 is 1.14 bits per heavy atom. The van der Waals surface area contributed by atoms with Crippen LogP contribution in [0.4, 0.5) is 18.9 Å². The van der Waals surface area contributed by atoms with Crippen molar-refractivity contribution < 1.29 is 32.6 Å². The number of nitrogens with zero attached hydrogens (tertiary/aromatic N) is 1. The van der Waals surface area contributed by atoms with Crippen LogP contribution >= 0.6 is 0 Å². The second-order valence-electron chi connectivity index (χ2n) is 7.93. The zero-order valence-corrected chi connectivity index (χ0v) is 18.7. The van der Waals surface area contributed by atoms with Crippen LogP contribution in [-0.2, 0) is 15.7 Å². The lowest BCUT2D eigenvalue weighted by Crippen LogP contribution is -2.51. The summed E-state index contributed by atoms with van der Waals surface area (Å²) < 4.78 is 44.6. The van der Waals surface area contributed by atoms with Gasteiger partial charge in [-0.15, -0.1) is 0 Å². The van der Waals surface area contributed by atoms with E-state index in [0.717, 1.165) is 12.1 Å². The molecule has 2 aromatic rings. The molecule has 1 heterocycles. The molecule has 1 aliphatic rings. The van der Waals surface area contributed by atoms with Crippen molar-refractivity contribution >= 4 is 17.6 Å². The number of alkyl halides is 3. The lowest BCUT2D eigenvalue weighted by Gasteiger charge is -2.33. The minimum Gasteiger partial charge on any atom is -0.465 e. The average Bonchev–Trinajstić information content (AvgIpc) is 2.87. The molecule has 3 N–H and O–H groups in total. The topological polar surface area (TPSA) is 111 Å². The molecule has 0 saturated carbocycles. The number of nitriles is 1. The van der Waals surface area contributed by atoms with Crippen molar-refractivity contribution in [3.63, 3.8) is 0 Å². The number of methoxy groups -OCH3 is 1. The molecule has 0 radical (unpaired) electrons. The Balaban J connectivity index is 1.93. The van der Waals surface area contributed by atoms with Crippen molar-refractivity contribution in [2.24, 2.45) is 5.92 Å². The van der Waals surface area contributed by atoms with Crippen LogP contribution in [0.15, 0.2) is 42.5 Å². The van der Waals surface area contributed by atoms with Gasteiger partial charge >= 0.3 is 12.1 Å². The zero-order chi connectivity index (χ0) is 25.6. The number of esters is 1. The number of anilines is 1. The number of benzene rings is 2. The van der Waals surface area contributed by atoms with Gasteiger partial charge in [-0.05, 0) is 68.4 Å². The molecule has 0 spiro atoms. The third-order valence-electron chi connectivity index (χ3n) is 5.68. The smallest absolute Gasteiger partial charge is 0.417 e. The van der Waals surface area contributed by atoms with E-state index in [1.54, 1.807) is 0 Å². The monoisotopic (exact) mass is 485 g/mol. The lowest BCUT2D eigenvalue weighted by molar-refractivity contribution is -0.138. The zero-order valence-electron chi connectivity index (χ0n) is 18.7. The van der Waals surface area contributed by atoms with Gasteiger partial charge in [0.25, 0.3) is 5.91 Å². The van der Waals surface area contributed by atoms with E-state index in [1.807, 2.05) is 0 Å². The number of piperidine rings is 1. The molecule has 7 nitrogen and oxygen atoms in total. The summed E-state index contributed by atoms with van der Waals surface area (Å²) in [6, 6.07) is 10.3. The van der Waals surface area contributed by atoms with Crippen molar-refractivity contribution in [2.75, 3.05) is 25.5 Å². The van der Waals surface area contributed by atoms with E-state index < -0.39 is 40.7 Å². The summed E-state index contributed by atoms with van der Waals surface area (Å²) in [4.78, 5) is 24.8. The molecule has 35 heavy (non-hydrogen) atoms. The summed E-state index contributed by atoms with van der Waals surface area (Å²) >= 11 is 0. The van der Waals surface area contributed by atoms with E-state index in [-0.39, 0.29) is 5.69 Å². The Morgan fingerprint density at radius 3 is 2.37 bits per heavy atom. The Labute approximate surface area is 199 Å². The van der Waals surface area contributed by atoms with Crippen LogP contribution in [0.25, 0.3) is 0 Å². The summed E-state index contributed by atoms with van der Waals surface area (Å²) in [5, 5.41) is 25.8. The van der Waals surface area contributed by atoms with Crippen LogP contribution in [0.3, 0.4) is 0 Å². The van der Waals surface area contributed by atoms with Crippen molar-refractivity contribution in [3.05, 3.63) is 64.7 Å². The molecule has 1 amide bonds. The minimum absolute atomic E-state index is 0.224. The van der Waals surface area contributed by atoms with Gasteiger partial charge in [0.05, 0.1) is 29.9 Å². The predicted molar refractivity (Wildman–Crippen MR) is 120 cm³/mol. The fraction of sp³-hybridized carbons (Fsp3) is 0.320. The molecule has 1 saturated heterocycles. The quantitative estimate of drug-likeness (QED) is 0.454. The fourth-order valence-corrected chi connectivity index (χ4v) is 3.74. The lowest BCUT2D eigenvalue weighted by atomic mass is 9.80. The number of amides is 1. The molecule has 10 heteroatoms. The number of hydrogen-bond donors (Lipinski definition) is 3. The Kier molecular flexibility index (Phi) is 7.80. The summed E-state index contributed by atoms with van der Waals surface area (Å²) in [6.45, 7) is 1.07. The van der Waals surface area contributed by atoms with Crippen LogP contribution in [0.2, 0.25) is 0 Å². The van der Waals surface area contributed by atoms with E-state index in [4.69, 9.17) is 5.26 Å². The second-order valence-corrected chi connectivity index (χ2v) is 7.93. The molecule has 3 rings (SSSR count). The number of carbonyl (C=O) groups is 2. The minimum atomic E-state index is -4.80. The molecule has 182 valence electrons. The molecular formula is C25H22F3N3O4. The highest BCUT2D eigenvalue weighted by molar-refractivity contribution is 6.00. The largest absolute Gasteiger partial charge is 0.465 e. The normalized spacial score (nSPS) is 15.7. The summed E-state index contributed by atoms with van der Waals surface area (Å²) in [5.74, 6) is 3.26. The first-order valence-corrected chi connectivity index (χ1v) is 10.7. The van der Waals surface area contributed by atoms with E-state index in [9.17, 15) is 27.9 Å². The van der Waals surface area contributed by atoms with E-state index in [1.165, 1.54) is 37.4 Å². The van der Waals surface area contributed by atoms with Gasteiger partial charge < -0.3 is 20.5 Å². The van der Waals surface area contributed by atoms with Gasteiger partial charge in [-0.2, -0.15) is 18.4 Å². The highest BCUT2D eigenvalue weighted by atomic mass is 19.4. The van der Waals surface area contributed by atoms with Gasteiger partial charge in [0.1, 0.15) is 0 Å². The highest BCUT2D eigenvalue weighted by Gasteiger charge is 2.43. The van der Waals surface area contributed by atoms with Crippen molar-refractivity contribution in [3.8, 4) is 17.9 Å². The Bertz CT molecular complexity index is 1200. The maximum Gasteiger partial charge on any atom is 0.417 e. The van der Waals surface area contributed by atoms with Gasteiger partial charge in [-0.1, -0.05) is 11.8 Å². The van der Waals surface area contributed by atoms with Crippen LogP contribution in [0, 0.1) is 29.1 Å². The number of rotatable bonds is 4. The van der Waals surface area contributed by atoms with Crippen LogP contribution in [0.5, 0.6) is 0 Å². The number of ether oxygens (including phenoxy) is 1. The maximum absolute atomic E-state index is 13.3. The van der Waals surface area contributed by atoms with Gasteiger partial charge in [-0.25, -0.2) is 4.79 Å². The highest BCUT2D eigenvalue weighted by Crippen LogP contribution is 2.34. The first-order valence-electron chi connectivity index (χ1n) is 10.7. The molecule has 1 fully saturated rings. The van der Waals surface area contributed by atoms with Crippen molar-refractivity contribution in [2.45, 2.75) is 24.6 Å². The molecule has 0 aromatic heterocycles. The maximum atomic E-state index is 13.3. The van der Waals surface area contributed by atoms with Crippen LogP contribution < -0.4 is 10.6 Å². The van der Waals surface area contributed by atoms with Gasteiger partial charge in [0.2, 0.25) is 5.60 Å². The van der Waals surface area contributed by atoms with E-state index in [0.29, 0.717) is 43.1 Å². The molecule has 1 aliphatic heterocycles. The standard InChI is InChI=1S/C25H22F3N3O4/c1-35-22(32)17-4-2-16(3-5-17)8-11-24(34,19-9-12-30-13-10-19)23(33)31-20-7-6-18(15-29)21(14-20)25(26,27)28/h2-7,14,19,30,34H,9-10,12-13H2,1H3,(H,31,33). The van der Waals surface area contributed by atoms with Crippen molar-refractivity contribution in [1.29, 1.82) is 5.26 Å². The molecule has 2 aromatic carbocycles. The number of hydrogen-bond acceptors (Lipinski definition) is 6. The molecular weight excluding hydrogens is 463 g/mol.